The number of ether oxygens (including phenoxy) is 1. The quantitative estimate of drug-likeness (QED) is 0.452. The number of phenolic OH excluding ortho intramolecular Hbond substituents is 1. The Morgan fingerprint density at radius 2 is 1.80 bits per heavy atom. The minimum absolute atomic E-state index is 0.112. The van der Waals surface area contributed by atoms with E-state index in [4.69, 9.17) is 16.2 Å². The lowest BCUT2D eigenvalue weighted by atomic mass is 10.1. The van der Waals surface area contributed by atoms with Crippen molar-refractivity contribution in [3.05, 3.63) is 62.2 Å². The van der Waals surface area contributed by atoms with Crippen LogP contribution >= 0.6 is 31.9 Å². The van der Waals surface area contributed by atoms with Crippen LogP contribution in [0.5, 0.6) is 11.5 Å². The second-order valence-corrected chi connectivity index (χ2v) is 7.26. The van der Waals surface area contributed by atoms with Crippen LogP contribution in [0, 0.1) is 13.8 Å². The van der Waals surface area contributed by atoms with Crippen LogP contribution in [0.15, 0.2) is 50.5 Å². The molecule has 0 spiro atoms. The summed E-state index contributed by atoms with van der Waals surface area (Å²) in [6.45, 7) is 4.14. The van der Waals surface area contributed by atoms with Crippen LogP contribution in [0.1, 0.15) is 16.7 Å². The number of aryl methyl sites for hydroxylation is 2. The Kier molecular flexibility index (Phi) is 6.50. The molecular weight excluding hydrogens is 450 g/mol. The minimum atomic E-state index is 0.112. The van der Waals surface area contributed by atoms with Crippen molar-refractivity contribution < 1.29 is 9.84 Å². The largest absolute Gasteiger partial charge is 0.506 e. The van der Waals surface area contributed by atoms with E-state index >= 15 is 0 Å². The van der Waals surface area contributed by atoms with E-state index in [0.717, 1.165) is 16.9 Å². The monoisotopic (exact) mass is 467 g/mol. The Labute approximate surface area is 163 Å². The maximum Gasteiger partial charge on any atom is 0.145 e. The highest BCUT2D eigenvalue weighted by Crippen LogP contribution is 2.34. The molecule has 2 rings (SSSR count). The molecule has 0 bridgehead atoms. The summed E-state index contributed by atoms with van der Waals surface area (Å²) in [5.41, 5.74) is 15.2. The van der Waals surface area contributed by atoms with Gasteiger partial charge in [-0.2, -0.15) is 0 Å². The van der Waals surface area contributed by atoms with Crippen molar-refractivity contribution >= 4 is 43.4 Å². The number of benzene rings is 2. The SMILES string of the molecule is Cc1ccc(C)c(OCC(N)=N/C=C(\N)c2cc(Br)c(O)c(Br)c2)c1. The summed E-state index contributed by atoms with van der Waals surface area (Å²) < 4.78 is 6.76. The number of aromatic hydroxyl groups is 1. The normalized spacial score (nSPS) is 12.3. The first-order valence-electron chi connectivity index (χ1n) is 7.44. The smallest absolute Gasteiger partial charge is 0.145 e. The summed E-state index contributed by atoms with van der Waals surface area (Å²) >= 11 is 6.53. The summed E-state index contributed by atoms with van der Waals surface area (Å²) in [6.07, 6.45) is 1.47. The fraction of sp³-hybridized carbons (Fsp3) is 0.167. The van der Waals surface area contributed by atoms with Crippen LogP contribution in [0.2, 0.25) is 0 Å². The first-order chi connectivity index (χ1) is 11.8. The maximum atomic E-state index is 9.73. The fourth-order valence-electron chi connectivity index (χ4n) is 2.01. The van der Waals surface area contributed by atoms with Crippen molar-refractivity contribution in [2.24, 2.45) is 16.5 Å². The van der Waals surface area contributed by atoms with Crippen molar-refractivity contribution in [1.82, 2.24) is 0 Å². The second kappa shape index (κ2) is 8.40. The van der Waals surface area contributed by atoms with Crippen LogP contribution < -0.4 is 16.2 Å². The maximum absolute atomic E-state index is 9.73. The number of aliphatic imine (C=N–C) groups is 1. The fourth-order valence-corrected chi connectivity index (χ4v) is 3.20. The zero-order valence-corrected chi connectivity index (χ0v) is 17.1. The molecule has 5 N–H and O–H groups in total. The van der Waals surface area contributed by atoms with Gasteiger partial charge < -0.3 is 21.3 Å². The molecule has 0 aliphatic heterocycles. The second-order valence-electron chi connectivity index (χ2n) is 5.55. The Hall–Kier alpha value is -1.99. The lowest BCUT2D eigenvalue weighted by molar-refractivity contribution is 0.372. The molecule has 0 atom stereocenters. The molecule has 132 valence electrons. The molecule has 0 radical (unpaired) electrons. The summed E-state index contributed by atoms with van der Waals surface area (Å²) in [4.78, 5) is 4.14. The van der Waals surface area contributed by atoms with Crippen molar-refractivity contribution in [1.29, 1.82) is 0 Å². The van der Waals surface area contributed by atoms with Crippen molar-refractivity contribution in [3.8, 4) is 11.5 Å². The van der Waals surface area contributed by atoms with Crippen molar-refractivity contribution in [3.63, 3.8) is 0 Å². The molecule has 0 amide bonds. The average Bonchev–Trinajstić information content (AvgIpc) is 2.57. The number of hydrogen-bond donors (Lipinski definition) is 3. The van der Waals surface area contributed by atoms with Crippen LogP contribution in [0.3, 0.4) is 0 Å². The highest BCUT2D eigenvalue weighted by atomic mass is 79.9. The van der Waals surface area contributed by atoms with Gasteiger partial charge in [-0.3, -0.25) is 0 Å². The first-order valence-corrected chi connectivity index (χ1v) is 9.02. The third kappa shape index (κ3) is 5.24. The molecule has 0 unspecified atom stereocenters. The Bertz CT molecular complexity index is 825. The van der Waals surface area contributed by atoms with Gasteiger partial charge in [0.25, 0.3) is 0 Å². The van der Waals surface area contributed by atoms with Gasteiger partial charge in [0.05, 0.1) is 20.8 Å². The summed E-state index contributed by atoms with van der Waals surface area (Å²) in [7, 11) is 0. The lowest BCUT2D eigenvalue weighted by Crippen LogP contribution is -2.21. The first kappa shape index (κ1) is 19.3. The topological polar surface area (TPSA) is 93.9 Å². The Morgan fingerprint density at radius 3 is 2.44 bits per heavy atom. The Morgan fingerprint density at radius 1 is 1.16 bits per heavy atom. The molecule has 0 fully saturated rings. The highest BCUT2D eigenvalue weighted by Gasteiger charge is 2.07. The van der Waals surface area contributed by atoms with E-state index in [0.29, 0.717) is 26.0 Å². The van der Waals surface area contributed by atoms with Gasteiger partial charge >= 0.3 is 0 Å². The molecule has 0 heterocycles. The van der Waals surface area contributed by atoms with Gasteiger partial charge in [0.15, 0.2) is 0 Å². The van der Waals surface area contributed by atoms with E-state index in [1.54, 1.807) is 12.1 Å². The summed E-state index contributed by atoms with van der Waals surface area (Å²) in [5, 5.41) is 9.73. The highest BCUT2D eigenvalue weighted by molar-refractivity contribution is 9.11. The van der Waals surface area contributed by atoms with E-state index in [-0.39, 0.29) is 12.4 Å². The standard InChI is InChI=1S/C18H19Br2N3O2/c1-10-3-4-11(2)16(5-10)25-9-17(22)23-8-15(21)12-6-13(19)18(24)14(20)7-12/h3-8,24H,9,21H2,1-2H3,(H2,22,23)/b15-8-. The van der Waals surface area contributed by atoms with Gasteiger partial charge in [0, 0.05) is 5.56 Å². The number of rotatable bonds is 5. The van der Waals surface area contributed by atoms with E-state index < -0.39 is 0 Å². The molecule has 2 aromatic rings. The average molecular weight is 469 g/mol. The van der Waals surface area contributed by atoms with Crippen LogP contribution in [-0.2, 0) is 0 Å². The third-order valence-corrected chi connectivity index (χ3v) is 4.65. The lowest BCUT2D eigenvalue weighted by Gasteiger charge is -2.09. The molecule has 5 nitrogen and oxygen atoms in total. The van der Waals surface area contributed by atoms with Gasteiger partial charge in [-0.15, -0.1) is 0 Å². The molecule has 0 aliphatic carbocycles. The van der Waals surface area contributed by atoms with Gasteiger partial charge in [0.1, 0.15) is 23.9 Å². The third-order valence-electron chi connectivity index (χ3n) is 3.44. The number of amidine groups is 1. The molecule has 0 aromatic heterocycles. The molecule has 2 aromatic carbocycles. The Balaban J connectivity index is 2.09. The predicted octanol–water partition coefficient (Wildman–Crippen LogP) is 4.23. The number of phenols is 1. The predicted molar refractivity (Wildman–Crippen MR) is 109 cm³/mol. The van der Waals surface area contributed by atoms with Gasteiger partial charge in [0.2, 0.25) is 0 Å². The number of halogens is 2. The van der Waals surface area contributed by atoms with E-state index in [2.05, 4.69) is 36.9 Å². The number of hydrogen-bond acceptors (Lipinski definition) is 4. The molecule has 25 heavy (non-hydrogen) atoms. The van der Waals surface area contributed by atoms with Gasteiger partial charge in [-0.25, -0.2) is 4.99 Å². The number of nitrogens with zero attached hydrogens (tertiary/aromatic N) is 1. The molecule has 7 heteroatoms. The molecular formula is C18H19Br2N3O2. The van der Waals surface area contributed by atoms with E-state index in [1.807, 2.05) is 32.0 Å². The zero-order chi connectivity index (χ0) is 18.6. The van der Waals surface area contributed by atoms with Gasteiger partial charge in [-0.05, 0) is 75.0 Å². The summed E-state index contributed by atoms with van der Waals surface area (Å²) in [5.74, 6) is 1.20. The van der Waals surface area contributed by atoms with Crippen LogP contribution in [0.4, 0.5) is 0 Å². The van der Waals surface area contributed by atoms with Crippen LogP contribution in [-0.4, -0.2) is 17.5 Å². The summed E-state index contributed by atoms with van der Waals surface area (Å²) in [6, 6.07) is 9.38. The van der Waals surface area contributed by atoms with Crippen molar-refractivity contribution in [2.75, 3.05) is 6.61 Å². The van der Waals surface area contributed by atoms with Crippen molar-refractivity contribution in [2.45, 2.75) is 13.8 Å². The van der Waals surface area contributed by atoms with E-state index in [1.165, 1.54) is 6.20 Å². The molecule has 0 saturated heterocycles. The van der Waals surface area contributed by atoms with Crippen LogP contribution in [0.25, 0.3) is 5.70 Å². The zero-order valence-electron chi connectivity index (χ0n) is 13.9. The molecule has 0 saturated carbocycles. The van der Waals surface area contributed by atoms with E-state index in [9.17, 15) is 5.11 Å². The number of nitrogens with two attached hydrogens (primary N) is 2. The minimum Gasteiger partial charge on any atom is -0.506 e. The molecule has 0 aliphatic rings. The van der Waals surface area contributed by atoms with Gasteiger partial charge in [-0.1, -0.05) is 12.1 Å².